The quantitative estimate of drug-likeness (QED) is 0.917. The van der Waals surface area contributed by atoms with Gasteiger partial charge in [-0.25, -0.2) is 8.42 Å². The third-order valence-corrected chi connectivity index (χ3v) is 3.64. The van der Waals surface area contributed by atoms with Gasteiger partial charge in [0.05, 0.1) is 11.4 Å². The molecule has 1 aliphatic heterocycles. The Morgan fingerprint density at radius 3 is 2.61 bits per heavy atom. The Balaban J connectivity index is 2.19. The zero-order valence-electron chi connectivity index (χ0n) is 9.44. The number of fused-ring (bicyclic) bond motifs is 1. The molecule has 2 rings (SSSR count). The van der Waals surface area contributed by atoms with Gasteiger partial charge in [0, 0.05) is 6.07 Å². The number of benzene rings is 1. The summed E-state index contributed by atoms with van der Waals surface area (Å²) >= 11 is 0. The first-order valence-corrected chi connectivity index (χ1v) is 6.87. The van der Waals surface area contributed by atoms with Gasteiger partial charge in [-0.1, -0.05) is 6.92 Å². The molecule has 8 heteroatoms. The molecule has 0 fully saturated rings. The second-order valence-electron chi connectivity index (χ2n) is 3.75. The van der Waals surface area contributed by atoms with Crippen LogP contribution in [-0.2, 0) is 10.0 Å². The van der Waals surface area contributed by atoms with Crippen LogP contribution in [0.5, 0.6) is 11.5 Å². The van der Waals surface area contributed by atoms with Crippen molar-refractivity contribution in [3.05, 3.63) is 18.2 Å². The van der Waals surface area contributed by atoms with Crippen LogP contribution in [0.4, 0.5) is 14.5 Å². The van der Waals surface area contributed by atoms with Crippen LogP contribution in [-0.4, -0.2) is 20.5 Å². The first-order valence-electron chi connectivity index (χ1n) is 5.22. The minimum absolute atomic E-state index is 0.0440. The Morgan fingerprint density at radius 2 is 1.94 bits per heavy atom. The fourth-order valence-corrected chi connectivity index (χ4v) is 2.64. The fourth-order valence-electron chi connectivity index (χ4n) is 1.51. The monoisotopic (exact) mass is 279 g/mol. The Hall–Kier alpha value is -1.57. The second kappa shape index (κ2) is 4.27. The Bertz CT molecular complexity index is 559. The van der Waals surface area contributed by atoms with Gasteiger partial charge in [-0.3, -0.25) is 4.72 Å². The summed E-state index contributed by atoms with van der Waals surface area (Å²) in [4.78, 5) is 0. The summed E-state index contributed by atoms with van der Waals surface area (Å²) in [6.45, 7) is 1.72. The molecule has 0 atom stereocenters. The maximum Gasteiger partial charge on any atom is 0.586 e. The van der Waals surface area contributed by atoms with Crippen LogP contribution in [0.15, 0.2) is 18.2 Å². The van der Waals surface area contributed by atoms with Crippen molar-refractivity contribution in [2.24, 2.45) is 0 Å². The van der Waals surface area contributed by atoms with Crippen LogP contribution in [0.25, 0.3) is 0 Å². The summed E-state index contributed by atoms with van der Waals surface area (Å²) < 4.78 is 59.2. The molecule has 1 heterocycles. The van der Waals surface area contributed by atoms with E-state index in [9.17, 15) is 17.2 Å². The number of nitrogens with one attached hydrogen (secondary N) is 1. The summed E-state index contributed by atoms with van der Waals surface area (Å²) in [5, 5.41) is 0. The van der Waals surface area contributed by atoms with E-state index in [4.69, 9.17) is 0 Å². The summed E-state index contributed by atoms with van der Waals surface area (Å²) in [5.74, 6) is -0.368. The molecule has 0 radical (unpaired) electrons. The van der Waals surface area contributed by atoms with Crippen molar-refractivity contribution in [1.82, 2.24) is 0 Å². The van der Waals surface area contributed by atoms with E-state index in [2.05, 4.69) is 14.2 Å². The highest BCUT2D eigenvalue weighted by Crippen LogP contribution is 2.42. The predicted molar refractivity (Wildman–Crippen MR) is 60.3 cm³/mol. The molecule has 0 aromatic heterocycles. The maximum atomic E-state index is 12.7. The molecular formula is C10H11F2NO4S. The lowest BCUT2D eigenvalue weighted by atomic mass is 10.3. The van der Waals surface area contributed by atoms with Crippen molar-refractivity contribution in [3.8, 4) is 11.5 Å². The molecule has 1 aliphatic rings. The summed E-state index contributed by atoms with van der Waals surface area (Å²) in [7, 11) is -3.46. The number of hydrogen-bond donors (Lipinski definition) is 1. The van der Waals surface area contributed by atoms with Crippen LogP contribution >= 0.6 is 0 Å². The number of ether oxygens (including phenoxy) is 2. The van der Waals surface area contributed by atoms with E-state index in [0.717, 1.165) is 6.07 Å². The van der Waals surface area contributed by atoms with Crippen molar-refractivity contribution in [2.75, 3.05) is 10.5 Å². The molecule has 1 aromatic carbocycles. The zero-order chi connectivity index (χ0) is 13.4. The van der Waals surface area contributed by atoms with E-state index >= 15 is 0 Å². The Kier molecular flexibility index (Phi) is 3.05. The molecule has 5 nitrogen and oxygen atoms in total. The third kappa shape index (κ3) is 2.81. The van der Waals surface area contributed by atoms with Gasteiger partial charge in [0.15, 0.2) is 11.5 Å². The average Bonchev–Trinajstić information content (AvgIpc) is 2.50. The largest absolute Gasteiger partial charge is 0.586 e. The SMILES string of the molecule is CCCS(=O)(=O)Nc1ccc2c(c1)OC(F)(F)O2. The highest BCUT2D eigenvalue weighted by atomic mass is 32.2. The number of alkyl halides is 2. The van der Waals surface area contributed by atoms with Gasteiger partial charge < -0.3 is 9.47 Å². The molecule has 0 saturated carbocycles. The van der Waals surface area contributed by atoms with E-state index in [1.54, 1.807) is 6.92 Å². The van der Waals surface area contributed by atoms with E-state index in [0.29, 0.717) is 6.42 Å². The molecule has 0 unspecified atom stereocenters. The van der Waals surface area contributed by atoms with Gasteiger partial charge in [-0.2, -0.15) is 0 Å². The number of sulfonamides is 1. The molecule has 0 spiro atoms. The van der Waals surface area contributed by atoms with Crippen LogP contribution < -0.4 is 14.2 Å². The lowest BCUT2D eigenvalue weighted by molar-refractivity contribution is -0.286. The zero-order valence-corrected chi connectivity index (χ0v) is 10.3. The molecule has 100 valence electrons. The van der Waals surface area contributed by atoms with Crippen molar-refractivity contribution in [3.63, 3.8) is 0 Å². The van der Waals surface area contributed by atoms with Crippen molar-refractivity contribution >= 4 is 15.7 Å². The van der Waals surface area contributed by atoms with Crippen LogP contribution in [0, 0.1) is 0 Å². The number of rotatable bonds is 4. The summed E-state index contributed by atoms with van der Waals surface area (Å²) in [6.07, 6.45) is -3.25. The topological polar surface area (TPSA) is 64.6 Å². The van der Waals surface area contributed by atoms with Gasteiger partial charge in [-0.05, 0) is 18.6 Å². The number of hydrogen-bond acceptors (Lipinski definition) is 4. The first-order chi connectivity index (χ1) is 8.31. The minimum Gasteiger partial charge on any atom is -0.395 e. The smallest absolute Gasteiger partial charge is 0.395 e. The molecule has 18 heavy (non-hydrogen) atoms. The standard InChI is InChI=1S/C10H11F2NO4S/c1-2-5-18(14,15)13-7-3-4-8-9(6-7)17-10(11,12)16-8/h3-4,6,13H,2,5H2,1H3. The third-order valence-electron chi connectivity index (χ3n) is 2.15. The lowest BCUT2D eigenvalue weighted by Gasteiger charge is -2.07. The highest BCUT2D eigenvalue weighted by molar-refractivity contribution is 7.92. The minimum atomic E-state index is -3.71. The fraction of sp³-hybridized carbons (Fsp3) is 0.400. The van der Waals surface area contributed by atoms with Crippen molar-refractivity contribution in [2.45, 2.75) is 19.6 Å². The van der Waals surface area contributed by atoms with E-state index in [1.807, 2.05) is 0 Å². The van der Waals surface area contributed by atoms with E-state index in [-0.39, 0.29) is 22.9 Å². The van der Waals surface area contributed by atoms with Gasteiger partial charge in [0.25, 0.3) is 0 Å². The van der Waals surface area contributed by atoms with Crippen molar-refractivity contribution < 1.29 is 26.7 Å². The van der Waals surface area contributed by atoms with E-state index in [1.165, 1.54) is 12.1 Å². The lowest BCUT2D eigenvalue weighted by Crippen LogP contribution is -2.25. The molecule has 1 N–H and O–H groups in total. The van der Waals surface area contributed by atoms with Gasteiger partial charge in [0.1, 0.15) is 0 Å². The summed E-state index contributed by atoms with van der Waals surface area (Å²) in [6, 6.07) is 3.71. The molecule has 0 amide bonds. The van der Waals surface area contributed by atoms with Crippen LogP contribution in [0.1, 0.15) is 13.3 Å². The summed E-state index contributed by atoms with van der Waals surface area (Å²) in [5.41, 5.74) is 0.156. The van der Waals surface area contributed by atoms with Crippen LogP contribution in [0.2, 0.25) is 0 Å². The van der Waals surface area contributed by atoms with Crippen LogP contribution in [0.3, 0.4) is 0 Å². The predicted octanol–water partition coefficient (Wildman–Crippen LogP) is 2.16. The molecule has 0 bridgehead atoms. The normalized spacial score (nSPS) is 16.6. The van der Waals surface area contributed by atoms with Gasteiger partial charge in [-0.15, -0.1) is 8.78 Å². The molecule has 1 aromatic rings. The second-order valence-corrected chi connectivity index (χ2v) is 5.59. The van der Waals surface area contributed by atoms with Crippen molar-refractivity contribution in [1.29, 1.82) is 0 Å². The number of anilines is 1. The Labute approximate surface area is 103 Å². The van der Waals surface area contributed by atoms with Gasteiger partial charge in [0.2, 0.25) is 10.0 Å². The first kappa shape index (κ1) is 12.9. The van der Waals surface area contributed by atoms with Gasteiger partial charge >= 0.3 is 6.29 Å². The van der Waals surface area contributed by atoms with E-state index < -0.39 is 16.3 Å². The average molecular weight is 279 g/mol. The number of halogens is 2. The maximum absolute atomic E-state index is 12.7. The molecule has 0 saturated heterocycles. The molecular weight excluding hydrogens is 268 g/mol. The molecule has 0 aliphatic carbocycles. The highest BCUT2D eigenvalue weighted by Gasteiger charge is 2.43. The Morgan fingerprint density at radius 1 is 1.28 bits per heavy atom.